The molecule has 16 heteroatoms. The topological polar surface area (TPSA) is 180 Å². The third kappa shape index (κ3) is 4.32. The molecule has 4 aromatic rings. The summed E-state index contributed by atoms with van der Waals surface area (Å²) in [6.45, 7) is 1.68. The molecule has 4 N–H and O–H groups in total. The number of nitrogens with one attached hydrogen (secondary N) is 1. The Bertz CT molecular complexity index is 1630. The summed E-state index contributed by atoms with van der Waals surface area (Å²) in [6, 6.07) is 0. The number of nitrogens with zero attached hydrogens (tertiary/aromatic N) is 7. The highest BCUT2D eigenvalue weighted by atomic mass is 19.4. The number of hydrogen-bond donors (Lipinski definition) is 3. The number of rotatable bonds is 6. The molecule has 5 aliphatic rings. The summed E-state index contributed by atoms with van der Waals surface area (Å²) in [5.74, 6) is 0.742. The number of hydrogen-bond acceptors (Lipinski definition) is 11. The minimum absolute atomic E-state index is 0.0387. The van der Waals surface area contributed by atoms with Gasteiger partial charge in [-0.25, -0.2) is 29.4 Å². The van der Waals surface area contributed by atoms with Gasteiger partial charge in [-0.05, 0) is 38.0 Å². The van der Waals surface area contributed by atoms with Crippen molar-refractivity contribution in [2.45, 2.75) is 55.8 Å². The van der Waals surface area contributed by atoms with E-state index in [1.807, 2.05) is 0 Å². The summed E-state index contributed by atoms with van der Waals surface area (Å²) >= 11 is 0. The van der Waals surface area contributed by atoms with E-state index in [2.05, 4.69) is 35.1 Å². The van der Waals surface area contributed by atoms with Crippen molar-refractivity contribution in [1.82, 2.24) is 40.2 Å². The van der Waals surface area contributed by atoms with E-state index in [9.17, 15) is 13.2 Å². The predicted octanol–water partition coefficient (Wildman–Crippen LogP) is 2.89. The van der Waals surface area contributed by atoms with E-state index < -0.39 is 12.1 Å². The molecule has 0 atom stereocenters. The van der Waals surface area contributed by atoms with Crippen LogP contribution in [-0.4, -0.2) is 71.3 Å². The molecule has 5 fully saturated rings. The Balaban J connectivity index is 0.000000354. The van der Waals surface area contributed by atoms with E-state index in [1.54, 1.807) is 12.4 Å². The lowest BCUT2D eigenvalue weighted by Gasteiger charge is -2.61. The van der Waals surface area contributed by atoms with E-state index in [0.717, 1.165) is 68.1 Å². The van der Waals surface area contributed by atoms with Crippen LogP contribution in [0, 0.1) is 5.92 Å². The molecule has 0 unspecified atom stereocenters. The number of anilines is 1. The number of halogens is 3. The third-order valence-corrected chi connectivity index (χ3v) is 7.98. The lowest BCUT2D eigenvalue weighted by Crippen LogP contribution is -2.59. The highest BCUT2D eigenvalue weighted by Gasteiger charge is 2.59. The van der Waals surface area contributed by atoms with Crippen molar-refractivity contribution in [2.24, 2.45) is 5.92 Å². The SMILES string of the molecule is Nc1ncnc2c1c(-c1noc(C3CC3)c1-c1ncc(OC3CNC3)cn1)nn2C12CC(C1)C2.O=C(O)C(F)(F)F. The van der Waals surface area contributed by atoms with Crippen molar-refractivity contribution in [1.29, 1.82) is 0 Å². The number of ether oxygens (including phenoxy) is 1. The quantitative estimate of drug-likeness (QED) is 0.308. The van der Waals surface area contributed by atoms with Crippen LogP contribution in [0.25, 0.3) is 33.8 Å². The van der Waals surface area contributed by atoms with Crippen molar-refractivity contribution in [3.05, 3.63) is 24.5 Å². The maximum absolute atomic E-state index is 10.6. The summed E-state index contributed by atoms with van der Waals surface area (Å²) in [5, 5.41) is 20.5. The number of aliphatic carboxylic acids is 1. The molecule has 4 aromatic heterocycles. The number of carboxylic acid groups (broad SMARTS) is 1. The van der Waals surface area contributed by atoms with Crippen molar-refractivity contribution in [3.63, 3.8) is 0 Å². The molecule has 5 heterocycles. The van der Waals surface area contributed by atoms with Crippen LogP contribution in [0.2, 0.25) is 0 Å². The number of alkyl halides is 3. The fraction of sp³-hybridized carbons (Fsp3) is 0.480. The second-order valence-electron chi connectivity index (χ2n) is 10.9. The molecule has 9 rings (SSSR count). The average molecular weight is 572 g/mol. The van der Waals surface area contributed by atoms with Gasteiger partial charge >= 0.3 is 12.1 Å². The van der Waals surface area contributed by atoms with Crippen molar-refractivity contribution >= 4 is 22.8 Å². The number of nitrogen functional groups attached to an aromatic ring is 1. The number of carbonyl (C=O) groups is 1. The highest BCUT2D eigenvalue weighted by molar-refractivity contribution is 6.00. The first-order chi connectivity index (χ1) is 19.6. The Morgan fingerprint density at radius 1 is 1.12 bits per heavy atom. The zero-order valence-electron chi connectivity index (χ0n) is 21.4. The molecular formula is C25H24F3N9O4. The van der Waals surface area contributed by atoms with Crippen LogP contribution in [0.5, 0.6) is 5.75 Å². The summed E-state index contributed by atoms with van der Waals surface area (Å²) in [5.41, 5.74) is 9.15. The molecule has 13 nitrogen and oxygen atoms in total. The molecule has 0 aromatic carbocycles. The second-order valence-corrected chi connectivity index (χ2v) is 10.9. The van der Waals surface area contributed by atoms with Gasteiger partial charge in [0.2, 0.25) is 0 Å². The Morgan fingerprint density at radius 2 is 1.80 bits per heavy atom. The van der Waals surface area contributed by atoms with Gasteiger partial charge < -0.3 is 25.4 Å². The number of carboxylic acids is 1. The average Bonchev–Trinajstić information content (AvgIpc) is 3.49. The van der Waals surface area contributed by atoms with E-state index in [1.165, 1.54) is 6.33 Å². The summed E-state index contributed by atoms with van der Waals surface area (Å²) in [6.07, 6.45) is 5.52. The standard InChI is InChI=1S/C23H23N9O2.C2HF3O2/c24-20-16-17(30-32(22(16)29-10-28-20)23-3-11(4-23)5-23)18-15(19(34-31-18)12-1-2-12)21-26-8-14(9-27-21)33-13-6-25-7-13;3-2(4,5)1(6)7/h8-13,25H,1-7H2,(H2,24,28,29);(H,6,7). The second kappa shape index (κ2) is 9.09. The highest BCUT2D eigenvalue weighted by Crippen LogP contribution is 2.63. The Hall–Kier alpha value is -4.34. The van der Waals surface area contributed by atoms with Gasteiger partial charge in [0.15, 0.2) is 23.0 Å². The van der Waals surface area contributed by atoms with Gasteiger partial charge in [-0.3, -0.25) is 0 Å². The van der Waals surface area contributed by atoms with Crippen LogP contribution < -0.4 is 15.8 Å². The molecular weight excluding hydrogens is 547 g/mol. The van der Waals surface area contributed by atoms with E-state index in [0.29, 0.717) is 40.1 Å². The number of nitrogens with two attached hydrogens (primary N) is 1. The molecule has 1 saturated heterocycles. The van der Waals surface area contributed by atoms with Crippen LogP contribution in [0.1, 0.15) is 43.8 Å². The lowest BCUT2D eigenvalue weighted by atomic mass is 9.50. The molecule has 2 bridgehead atoms. The van der Waals surface area contributed by atoms with Crippen LogP contribution in [0.15, 0.2) is 23.2 Å². The minimum atomic E-state index is -5.08. The zero-order chi connectivity index (χ0) is 28.5. The van der Waals surface area contributed by atoms with Gasteiger partial charge in [-0.2, -0.15) is 18.3 Å². The Kier molecular flexibility index (Phi) is 5.68. The van der Waals surface area contributed by atoms with Gasteiger partial charge in [0.25, 0.3) is 0 Å². The van der Waals surface area contributed by atoms with Crippen molar-refractivity contribution in [3.8, 4) is 28.5 Å². The fourth-order valence-electron chi connectivity index (χ4n) is 5.51. The maximum Gasteiger partial charge on any atom is 0.490 e. The normalized spacial score (nSPS) is 23.1. The first-order valence-electron chi connectivity index (χ1n) is 13.1. The minimum Gasteiger partial charge on any atom is -0.485 e. The van der Waals surface area contributed by atoms with E-state index >= 15 is 0 Å². The number of aromatic nitrogens is 7. The first-order valence-corrected chi connectivity index (χ1v) is 13.1. The van der Waals surface area contributed by atoms with Gasteiger partial charge in [0.1, 0.15) is 29.6 Å². The third-order valence-electron chi connectivity index (χ3n) is 7.98. The number of fused-ring (bicyclic) bond motifs is 1. The summed E-state index contributed by atoms with van der Waals surface area (Å²) < 4.78 is 45.6. The van der Waals surface area contributed by atoms with Crippen LogP contribution in [0.3, 0.4) is 0 Å². The Labute approximate surface area is 229 Å². The maximum atomic E-state index is 10.6. The molecule has 4 saturated carbocycles. The fourth-order valence-corrected chi connectivity index (χ4v) is 5.51. The van der Waals surface area contributed by atoms with Gasteiger partial charge in [0, 0.05) is 19.0 Å². The van der Waals surface area contributed by atoms with Crippen LogP contribution >= 0.6 is 0 Å². The van der Waals surface area contributed by atoms with E-state index in [-0.39, 0.29) is 11.6 Å². The first kappa shape index (κ1) is 25.6. The van der Waals surface area contributed by atoms with Crippen LogP contribution in [0.4, 0.5) is 19.0 Å². The van der Waals surface area contributed by atoms with Gasteiger partial charge in [0.05, 0.1) is 28.9 Å². The van der Waals surface area contributed by atoms with E-state index in [4.69, 9.17) is 30.0 Å². The van der Waals surface area contributed by atoms with Crippen molar-refractivity contribution < 1.29 is 32.3 Å². The molecule has 4 aliphatic carbocycles. The van der Waals surface area contributed by atoms with Gasteiger partial charge in [-0.15, -0.1) is 0 Å². The van der Waals surface area contributed by atoms with Gasteiger partial charge in [-0.1, -0.05) is 5.16 Å². The predicted molar refractivity (Wildman–Crippen MR) is 135 cm³/mol. The zero-order valence-corrected chi connectivity index (χ0v) is 21.4. The molecule has 0 radical (unpaired) electrons. The molecule has 41 heavy (non-hydrogen) atoms. The smallest absolute Gasteiger partial charge is 0.485 e. The Morgan fingerprint density at radius 3 is 2.34 bits per heavy atom. The lowest BCUT2D eigenvalue weighted by molar-refractivity contribution is -0.192. The van der Waals surface area contributed by atoms with Crippen molar-refractivity contribution in [2.75, 3.05) is 18.8 Å². The molecule has 0 spiro atoms. The molecule has 0 amide bonds. The van der Waals surface area contributed by atoms with Crippen LogP contribution in [-0.2, 0) is 10.3 Å². The molecule has 214 valence electrons. The summed E-state index contributed by atoms with van der Waals surface area (Å²) in [4.78, 5) is 27.0. The largest absolute Gasteiger partial charge is 0.490 e. The monoisotopic (exact) mass is 571 g/mol. The summed E-state index contributed by atoms with van der Waals surface area (Å²) in [7, 11) is 0. The molecule has 1 aliphatic heterocycles.